The zero-order valence-electron chi connectivity index (χ0n) is 10.7. The Labute approximate surface area is 108 Å². The van der Waals surface area contributed by atoms with Crippen molar-refractivity contribution in [3.63, 3.8) is 0 Å². The standard InChI is InChI=1S/C15H17N3/c1-3-16-13-8-10-15(11-9-13)18-17-14-6-4-12(2)5-7-14/h4-11,16H,3H2,1-2H3/b18-17+. The van der Waals surface area contributed by atoms with Crippen molar-refractivity contribution in [2.24, 2.45) is 10.2 Å². The van der Waals surface area contributed by atoms with Gasteiger partial charge in [0.05, 0.1) is 11.4 Å². The number of azo groups is 1. The third-order valence-corrected chi connectivity index (χ3v) is 2.56. The summed E-state index contributed by atoms with van der Waals surface area (Å²) in [6.45, 7) is 5.05. The Morgan fingerprint density at radius 1 is 0.833 bits per heavy atom. The summed E-state index contributed by atoms with van der Waals surface area (Å²) in [5.41, 5.74) is 4.06. The number of anilines is 1. The molecule has 2 aromatic carbocycles. The Hall–Kier alpha value is -2.16. The molecule has 0 saturated heterocycles. The van der Waals surface area contributed by atoms with Crippen molar-refractivity contribution in [2.45, 2.75) is 13.8 Å². The van der Waals surface area contributed by atoms with Crippen LogP contribution in [0.25, 0.3) is 0 Å². The van der Waals surface area contributed by atoms with Gasteiger partial charge in [-0.15, -0.1) is 0 Å². The summed E-state index contributed by atoms with van der Waals surface area (Å²) in [6.07, 6.45) is 0. The van der Waals surface area contributed by atoms with Crippen molar-refractivity contribution in [3.05, 3.63) is 54.1 Å². The predicted molar refractivity (Wildman–Crippen MR) is 76.0 cm³/mol. The molecule has 0 atom stereocenters. The number of nitrogens with one attached hydrogen (secondary N) is 1. The van der Waals surface area contributed by atoms with Crippen LogP contribution in [0.1, 0.15) is 12.5 Å². The van der Waals surface area contributed by atoms with E-state index in [-0.39, 0.29) is 0 Å². The minimum Gasteiger partial charge on any atom is -0.385 e. The largest absolute Gasteiger partial charge is 0.385 e. The zero-order chi connectivity index (χ0) is 12.8. The smallest absolute Gasteiger partial charge is 0.0858 e. The third kappa shape index (κ3) is 3.42. The van der Waals surface area contributed by atoms with Crippen molar-refractivity contribution in [1.82, 2.24) is 0 Å². The molecule has 0 spiro atoms. The van der Waals surface area contributed by atoms with E-state index in [1.807, 2.05) is 48.5 Å². The Bertz CT molecular complexity index is 512. The lowest BCUT2D eigenvalue weighted by Gasteiger charge is -2.01. The first-order valence-corrected chi connectivity index (χ1v) is 6.10. The molecule has 0 aliphatic heterocycles. The van der Waals surface area contributed by atoms with E-state index in [9.17, 15) is 0 Å². The lowest BCUT2D eigenvalue weighted by Crippen LogP contribution is -1.94. The van der Waals surface area contributed by atoms with Crippen LogP contribution in [0.2, 0.25) is 0 Å². The highest BCUT2D eigenvalue weighted by atomic mass is 15.1. The van der Waals surface area contributed by atoms with Crippen molar-refractivity contribution in [2.75, 3.05) is 11.9 Å². The van der Waals surface area contributed by atoms with E-state index < -0.39 is 0 Å². The van der Waals surface area contributed by atoms with Crippen LogP contribution < -0.4 is 5.32 Å². The van der Waals surface area contributed by atoms with Gasteiger partial charge in [-0.2, -0.15) is 10.2 Å². The van der Waals surface area contributed by atoms with Gasteiger partial charge in [-0.25, -0.2) is 0 Å². The van der Waals surface area contributed by atoms with Gasteiger partial charge in [0.2, 0.25) is 0 Å². The first-order chi connectivity index (χ1) is 8.78. The van der Waals surface area contributed by atoms with Gasteiger partial charge in [-0.3, -0.25) is 0 Å². The van der Waals surface area contributed by atoms with Gasteiger partial charge < -0.3 is 5.32 Å². The molecule has 1 N–H and O–H groups in total. The first-order valence-electron chi connectivity index (χ1n) is 6.10. The zero-order valence-corrected chi connectivity index (χ0v) is 10.7. The molecule has 0 amide bonds. The molecule has 3 heteroatoms. The Morgan fingerprint density at radius 3 is 1.83 bits per heavy atom. The van der Waals surface area contributed by atoms with Gasteiger partial charge >= 0.3 is 0 Å². The molecule has 0 aromatic heterocycles. The maximum Gasteiger partial charge on any atom is 0.0858 e. The van der Waals surface area contributed by atoms with Gasteiger partial charge in [-0.1, -0.05) is 17.7 Å². The summed E-state index contributed by atoms with van der Waals surface area (Å²) in [5, 5.41) is 11.6. The molecule has 0 aliphatic rings. The Morgan fingerprint density at radius 2 is 1.33 bits per heavy atom. The highest BCUT2D eigenvalue weighted by Crippen LogP contribution is 2.20. The van der Waals surface area contributed by atoms with Gasteiger partial charge in [0.25, 0.3) is 0 Å². The van der Waals surface area contributed by atoms with E-state index in [0.29, 0.717) is 0 Å². The second kappa shape index (κ2) is 5.96. The molecule has 0 unspecified atom stereocenters. The molecular formula is C15H17N3. The highest BCUT2D eigenvalue weighted by Gasteiger charge is 1.92. The van der Waals surface area contributed by atoms with Crippen LogP contribution in [0.15, 0.2) is 58.8 Å². The Balaban J connectivity index is 2.06. The van der Waals surface area contributed by atoms with Crippen LogP contribution in [0.5, 0.6) is 0 Å². The second-order valence-electron chi connectivity index (χ2n) is 4.11. The fraction of sp³-hybridized carbons (Fsp3) is 0.200. The highest BCUT2D eigenvalue weighted by molar-refractivity contribution is 5.51. The van der Waals surface area contributed by atoms with Gasteiger partial charge in [0.15, 0.2) is 0 Å². The lowest BCUT2D eigenvalue weighted by molar-refractivity contribution is 1.20. The summed E-state index contributed by atoms with van der Waals surface area (Å²) < 4.78 is 0. The molecule has 0 fully saturated rings. The molecule has 92 valence electrons. The normalized spacial score (nSPS) is 10.8. The quantitative estimate of drug-likeness (QED) is 0.761. The minimum atomic E-state index is 0.859. The van der Waals surface area contributed by atoms with E-state index in [1.54, 1.807) is 0 Å². The number of aryl methyl sites for hydroxylation is 1. The summed E-state index contributed by atoms with van der Waals surface area (Å²) in [7, 11) is 0. The maximum absolute atomic E-state index is 4.20. The van der Waals surface area contributed by atoms with Crippen LogP contribution in [-0.2, 0) is 0 Å². The molecular weight excluding hydrogens is 222 g/mol. The topological polar surface area (TPSA) is 36.8 Å². The summed E-state index contributed by atoms with van der Waals surface area (Å²) in [6, 6.07) is 15.9. The second-order valence-corrected chi connectivity index (χ2v) is 4.11. The van der Waals surface area contributed by atoms with E-state index in [2.05, 4.69) is 29.4 Å². The SMILES string of the molecule is CCNc1ccc(/N=N/c2ccc(C)cc2)cc1. The fourth-order valence-corrected chi connectivity index (χ4v) is 1.58. The third-order valence-electron chi connectivity index (χ3n) is 2.56. The minimum absolute atomic E-state index is 0.859. The number of nitrogens with zero attached hydrogens (tertiary/aromatic N) is 2. The van der Waals surface area contributed by atoms with E-state index >= 15 is 0 Å². The molecule has 2 aromatic rings. The molecule has 2 rings (SSSR count). The van der Waals surface area contributed by atoms with E-state index in [0.717, 1.165) is 23.6 Å². The van der Waals surface area contributed by atoms with Gasteiger partial charge in [-0.05, 0) is 50.2 Å². The molecule has 0 bridgehead atoms. The lowest BCUT2D eigenvalue weighted by atomic mass is 10.2. The average Bonchev–Trinajstić information content (AvgIpc) is 2.40. The molecule has 0 radical (unpaired) electrons. The van der Waals surface area contributed by atoms with Crippen molar-refractivity contribution < 1.29 is 0 Å². The first kappa shape index (κ1) is 12.3. The molecule has 18 heavy (non-hydrogen) atoms. The number of hydrogen-bond acceptors (Lipinski definition) is 3. The molecule has 0 heterocycles. The van der Waals surface area contributed by atoms with Crippen LogP contribution in [0.4, 0.5) is 17.1 Å². The predicted octanol–water partition coefficient (Wildman–Crippen LogP) is 4.84. The number of benzene rings is 2. The van der Waals surface area contributed by atoms with Crippen molar-refractivity contribution >= 4 is 17.1 Å². The van der Waals surface area contributed by atoms with E-state index in [4.69, 9.17) is 0 Å². The summed E-state index contributed by atoms with van der Waals surface area (Å²) >= 11 is 0. The average molecular weight is 239 g/mol. The van der Waals surface area contributed by atoms with Crippen LogP contribution >= 0.6 is 0 Å². The van der Waals surface area contributed by atoms with Crippen molar-refractivity contribution in [1.29, 1.82) is 0 Å². The summed E-state index contributed by atoms with van der Waals surface area (Å²) in [5.74, 6) is 0. The van der Waals surface area contributed by atoms with Crippen molar-refractivity contribution in [3.8, 4) is 0 Å². The molecule has 0 aliphatic carbocycles. The molecule has 3 nitrogen and oxygen atoms in total. The number of rotatable bonds is 4. The van der Waals surface area contributed by atoms with Crippen LogP contribution in [-0.4, -0.2) is 6.54 Å². The fourth-order valence-electron chi connectivity index (χ4n) is 1.58. The summed E-state index contributed by atoms with van der Waals surface area (Å²) in [4.78, 5) is 0. The van der Waals surface area contributed by atoms with E-state index in [1.165, 1.54) is 5.56 Å². The Kier molecular flexibility index (Phi) is 4.07. The monoisotopic (exact) mass is 239 g/mol. The van der Waals surface area contributed by atoms with Crippen LogP contribution in [0, 0.1) is 6.92 Å². The van der Waals surface area contributed by atoms with Gasteiger partial charge in [0, 0.05) is 12.2 Å². The molecule has 0 saturated carbocycles. The van der Waals surface area contributed by atoms with Gasteiger partial charge in [0.1, 0.15) is 0 Å². The maximum atomic E-state index is 4.20. The van der Waals surface area contributed by atoms with Crippen LogP contribution in [0.3, 0.4) is 0 Å². The number of hydrogen-bond donors (Lipinski definition) is 1.